The third kappa shape index (κ3) is 7.79. The molecule has 0 aromatic rings. The van der Waals surface area contributed by atoms with Crippen LogP contribution in [-0.4, -0.2) is 117 Å². The van der Waals surface area contributed by atoms with Crippen LogP contribution in [0.2, 0.25) is 0 Å². The Morgan fingerprint density at radius 2 is 0.714 bits per heavy atom. The fraction of sp³-hybridized carbons (Fsp3) is 1.00. The fourth-order valence-electron chi connectivity index (χ4n) is 3.16. The summed E-state index contributed by atoms with van der Waals surface area (Å²) in [6.45, 7) is 6.19. The number of hydrogen-bond acceptors (Lipinski definition) is 10. The molecule has 0 radical (unpaired) electrons. The quantitative estimate of drug-likeness (QED) is 0.526. The monoisotopic (exact) mass is 408 g/mol. The van der Waals surface area contributed by atoms with Crippen LogP contribution in [0.4, 0.5) is 0 Å². The highest BCUT2D eigenvalue weighted by Gasteiger charge is 2.42. The van der Waals surface area contributed by atoms with Crippen molar-refractivity contribution >= 4 is 0 Å². The van der Waals surface area contributed by atoms with E-state index in [1.807, 2.05) is 0 Å². The summed E-state index contributed by atoms with van der Waals surface area (Å²) in [6.07, 6.45) is -1.12. The van der Waals surface area contributed by atoms with Gasteiger partial charge >= 0.3 is 0 Å². The Morgan fingerprint density at radius 3 is 1.11 bits per heavy atom. The summed E-state index contributed by atoms with van der Waals surface area (Å²) in [7, 11) is 0. The first kappa shape index (κ1) is 22.3. The minimum Gasteiger partial charge on any atom is -0.377 e. The van der Waals surface area contributed by atoms with E-state index in [-0.39, 0.29) is 38.0 Å². The zero-order valence-corrected chi connectivity index (χ0v) is 16.3. The van der Waals surface area contributed by atoms with Gasteiger partial charge in [0.05, 0.1) is 79.3 Å². The van der Waals surface area contributed by atoms with Crippen LogP contribution in [0.15, 0.2) is 0 Å². The normalized spacial score (nSPS) is 36.0. The summed E-state index contributed by atoms with van der Waals surface area (Å²) in [5, 5.41) is 0. The van der Waals surface area contributed by atoms with Crippen LogP contribution in [0.5, 0.6) is 0 Å². The van der Waals surface area contributed by atoms with Gasteiger partial charge in [0.1, 0.15) is 38.0 Å². The van der Waals surface area contributed by atoms with E-state index in [4.69, 9.17) is 47.4 Å². The molecular weight excluding hydrogens is 376 g/mol. The van der Waals surface area contributed by atoms with E-state index in [1.165, 1.54) is 0 Å². The minimum absolute atomic E-state index is 0.203. The number of rotatable bonds is 0. The Bertz CT molecular complexity index is 363. The molecule has 0 aromatic carbocycles. The second kappa shape index (κ2) is 13.8. The second-order valence-electron chi connectivity index (χ2n) is 6.51. The van der Waals surface area contributed by atoms with Crippen molar-refractivity contribution < 1.29 is 47.4 Å². The average molecular weight is 408 g/mol. The smallest absolute Gasteiger partial charge is 0.147 e. The molecule has 3 heterocycles. The highest BCUT2D eigenvalue weighted by molar-refractivity contribution is 4.88. The van der Waals surface area contributed by atoms with E-state index in [1.54, 1.807) is 0 Å². The van der Waals surface area contributed by atoms with Gasteiger partial charge in [-0.3, -0.25) is 0 Å². The van der Waals surface area contributed by atoms with Crippen LogP contribution < -0.4 is 0 Å². The molecule has 0 N–H and O–H groups in total. The summed E-state index contributed by atoms with van der Waals surface area (Å²) in [5.41, 5.74) is 0. The lowest BCUT2D eigenvalue weighted by Crippen LogP contribution is -2.56. The summed E-state index contributed by atoms with van der Waals surface area (Å²) in [5.74, 6) is 0. The first-order chi connectivity index (χ1) is 13.9. The molecule has 28 heavy (non-hydrogen) atoms. The fourth-order valence-corrected chi connectivity index (χ4v) is 3.16. The van der Waals surface area contributed by atoms with Gasteiger partial charge < -0.3 is 47.4 Å². The van der Waals surface area contributed by atoms with Crippen molar-refractivity contribution in [3.05, 3.63) is 0 Å². The standard InChI is InChI=1S/C18H32O10/c1-2-20-4-6-22-8-10-26-16-12-24-14-28-18(16)17-15(11-23-13-27-17)25-9-7-21-5-3-19-1/h15-18H,1-14H2. The van der Waals surface area contributed by atoms with Crippen molar-refractivity contribution in [2.45, 2.75) is 24.4 Å². The lowest BCUT2D eigenvalue weighted by molar-refractivity contribution is -0.290. The number of fused-ring (bicyclic) bond motifs is 3. The predicted molar refractivity (Wildman–Crippen MR) is 94.1 cm³/mol. The molecule has 0 aliphatic carbocycles. The summed E-state index contributed by atoms with van der Waals surface area (Å²) in [4.78, 5) is 0. The maximum Gasteiger partial charge on any atom is 0.147 e. The van der Waals surface area contributed by atoms with Gasteiger partial charge in [-0.2, -0.15) is 0 Å². The van der Waals surface area contributed by atoms with E-state index >= 15 is 0 Å². The van der Waals surface area contributed by atoms with Crippen LogP contribution in [0.1, 0.15) is 0 Å². The van der Waals surface area contributed by atoms with Crippen LogP contribution in [0.3, 0.4) is 0 Å². The summed E-state index contributed by atoms with van der Waals surface area (Å²) >= 11 is 0. The molecule has 4 unspecified atom stereocenters. The molecule has 0 amide bonds. The molecule has 3 aliphatic heterocycles. The van der Waals surface area contributed by atoms with E-state index in [0.717, 1.165) is 0 Å². The Morgan fingerprint density at radius 1 is 0.357 bits per heavy atom. The minimum atomic E-state index is -0.300. The van der Waals surface area contributed by atoms with Gasteiger partial charge in [-0.05, 0) is 0 Å². The lowest BCUT2D eigenvalue weighted by Gasteiger charge is -2.41. The molecule has 0 bridgehead atoms. The van der Waals surface area contributed by atoms with E-state index in [2.05, 4.69) is 0 Å². The van der Waals surface area contributed by atoms with Crippen LogP contribution in [0, 0.1) is 0 Å². The van der Waals surface area contributed by atoms with Crippen molar-refractivity contribution in [1.29, 1.82) is 0 Å². The third-order valence-corrected chi connectivity index (χ3v) is 4.54. The van der Waals surface area contributed by atoms with Crippen molar-refractivity contribution in [2.24, 2.45) is 0 Å². The van der Waals surface area contributed by atoms with Gasteiger partial charge in [-0.1, -0.05) is 0 Å². The van der Waals surface area contributed by atoms with E-state index < -0.39 is 0 Å². The Hall–Kier alpha value is -0.400. The predicted octanol–water partition coefficient (Wildman–Crippen LogP) is -0.417. The Kier molecular flexibility index (Phi) is 10.9. The molecular formula is C18H32O10. The first-order valence-corrected chi connectivity index (χ1v) is 9.88. The average Bonchev–Trinajstić information content (AvgIpc) is 2.73. The second-order valence-corrected chi connectivity index (χ2v) is 6.51. The van der Waals surface area contributed by atoms with Crippen LogP contribution in [0.25, 0.3) is 0 Å². The molecule has 3 saturated heterocycles. The molecule has 164 valence electrons. The molecule has 10 heteroatoms. The van der Waals surface area contributed by atoms with E-state index in [9.17, 15) is 0 Å². The van der Waals surface area contributed by atoms with Crippen LogP contribution in [-0.2, 0) is 47.4 Å². The number of ether oxygens (including phenoxy) is 10. The molecule has 0 saturated carbocycles. The van der Waals surface area contributed by atoms with Crippen molar-refractivity contribution in [2.75, 3.05) is 92.9 Å². The largest absolute Gasteiger partial charge is 0.377 e. The Balaban J connectivity index is 1.52. The van der Waals surface area contributed by atoms with Gasteiger partial charge in [0.25, 0.3) is 0 Å². The third-order valence-electron chi connectivity index (χ3n) is 4.54. The molecule has 0 aromatic heterocycles. The number of hydrogen-bond donors (Lipinski definition) is 0. The first-order valence-electron chi connectivity index (χ1n) is 9.88. The molecule has 3 fully saturated rings. The van der Waals surface area contributed by atoms with Crippen molar-refractivity contribution in [1.82, 2.24) is 0 Å². The molecule has 10 nitrogen and oxygen atoms in total. The highest BCUT2D eigenvalue weighted by Crippen LogP contribution is 2.23. The molecule has 3 rings (SSSR count). The highest BCUT2D eigenvalue weighted by atomic mass is 16.7. The molecule has 0 spiro atoms. The molecule has 4 atom stereocenters. The van der Waals surface area contributed by atoms with Crippen LogP contribution >= 0.6 is 0 Å². The van der Waals surface area contributed by atoms with Gasteiger partial charge in [0, 0.05) is 0 Å². The lowest BCUT2D eigenvalue weighted by atomic mass is 10.0. The van der Waals surface area contributed by atoms with Gasteiger partial charge in [-0.25, -0.2) is 0 Å². The van der Waals surface area contributed by atoms with Gasteiger partial charge in [0.2, 0.25) is 0 Å². The van der Waals surface area contributed by atoms with Gasteiger partial charge in [-0.15, -0.1) is 0 Å². The maximum atomic E-state index is 5.94. The summed E-state index contributed by atoms with van der Waals surface area (Å²) in [6, 6.07) is 0. The summed E-state index contributed by atoms with van der Waals surface area (Å²) < 4.78 is 56.3. The zero-order valence-electron chi connectivity index (χ0n) is 16.3. The van der Waals surface area contributed by atoms with Crippen molar-refractivity contribution in [3.63, 3.8) is 0 Å². The topological polar surface area (TPSA) is 92.3 Å². The van der Waals surface area contributed by atoms with E-state index in [0.29, 0.717) is 79.3 Å². The zero-order chi connectivity index (χ0) is 19.3. The SMILES string of the molecule is C1COCCOCCOC2COCOC2C2OCOCC2OCCOCCO1. The maximum absolute atomic E-state index is 5.94. The Labute approximate surface area is 165 Å². The molecule has 3 aliphatic rings. The van der Waals surface area contributed by atoms with Crippen molar-refractivity contribution in [3.8, 4) is 0 Å². The van der Waals surface area contributed by atoms with Gasteiger partial charge in [0.15, 0.2) is 0 Å².